The van der Waals surface area contributed by atoms with Crippen LogP contribution in [-0.2, 0) is 20.8 Å². The topological polar surface area (TPSA) is 106 Å². The number of hydrogen-bond acceptors (Lipinski definition) is 6. The Morgan fingerprint density at radius 3 is 2.58 bits per heavy atom. The minimum absolute atomic E-state index is 0.0413. The van der Waals surface area contributed by atoms with Crippen molar-refractivity contribution in [3.63, 3.8) is 0 Å². The van der Waals surface area contributed by atoms with Gasteiger partial charge in [-0.15, -0.1) is 0 Å². The van der Waals surface area contributed by atoms with Crippen molar-refractivity contribution in [3.8, 4) is 28.4 Å². The number of fused-ring (bicyclic) bond motifs is 4. The molecule has 0 saturated carbocycles. The zero-order valence-electron chi connectivity index (χ0n) is 22.6. The first-order valence-corrected chi connectivity index (χ1v) is 13.2. The van der Waals surface area contributed by atoms with Gasteiger partial charge in [-0.25, -0.2) is 0 Å². The summed E-state index contributed by atoms with van der Waals surface area (Å²) >= 11 is 0. The molecule has 2 N–H and O–H groups in total. The fourth-order valence-electron chi connectivity index (χ4n) is 4.97. The van der Waals surface area contributed by atoms with Crippen LogP contribution in [0.4, 0.5) is 0 Å². The quantitative estimate of drug-likeness (QED) is 0.640. The zero-order valence-corrected chi connectivity index (χ0v) is 22.6. The Morgan fingerprint density at radius 2 is 1.84 bits per heavy atom. The van der Waals surface area contributed by atoms with Crippen LogP contribution in [0.5, 0.6) is 17.2 Å². The van der Waals surface area contributed by atoms with Crippen LogP contribution in [0.3, 0.4) is 0 Å². The van der Waals surface area contributed by atoms with E-state index in [4.69, 9.17) is 14.2 Å². The van der Waals surface area contributed by atoms with E-state index in [0.717, 1.165) is 28.0 Å². The normalized spacial score (nSPS) is 18.4. The summed E-state index contributed by atoms with van der Waals surface area (Å²) in [5.74, 6) is 1.42. The van der Waals surface area contributed by atoms with Gasteiger partial charge in [0.05, 0.1) is 26.9 Å². The highest BCUT2D eigenvalue weighted by atomic mass is 16.5. The molecule has 2 aromatic rings. The van der Waals surface area contributed by atoms with Crippen LogP contribution in [0.25, 0.3) is 11.1 Å². The molecule has 0 aliphatic carbocycles. The van der Waals surface area contributed by atoms with Crippen molar-refractivity contribution in [1.82, 2.24) is 15.5 Å². The van der Waals surface area contributed by atoms with Crippen LogP contribution in [0.2, 0.25) is 0 Å². The highest BCUT2D eigenvalue weighted by Gasteiger charge is 2.26. The van der Waals surface area contributed by atoms with Gasteiger partial charge in [-0.2, -0.15) is 0 Å². The lowest BCUT2D eigenvalue weighted by Crippen LogP contribution is -2.42. The van der Waals surface area contributed by atoms with Crippen LogP contribution in [0.1, 0.15) is 50.3 Å². The van der Waals surface area contributed by atoms with E-state index in [2.05, 4.69) is 10.6 Å². The van der Waals surface area contributed by atoms with Crippen LogP contribution >= 0.6 is 0 Å². The first kappa shape index (κ1) is 27.3. The van der Waals surface area contributed by atoms with Crippen LogP contribution in [-0.4, -0.2) is 63.1 Å². The Bertz CT molecular complexity index is 1200. The van der Waals surface area contributed by atoms with Gasteiger partial charge in [0.1, 0.15) is 5.75 Å². The number of aryl methyl sites for hydroxylation is 1. The van der Waals surface area contributed by atoms with Crippen molar-refractivity contribution in [3.05, 3.63) is 41.5 Å². The molecule has 0 aromatic heterocycles. The Balaban J connectivity index is 1.72. The molecule has 2 aromatic carbocycles. The molecule has 4 bridgehead atoms. The lowest BCUT2D eigenvalue weighted by Gasteiger charge is -2.29. The van der Waals surface area contributed by atoms with Gasteiger partial charge in [0.2, 0.25) is 17.7 Å². The van der Waals surface area contributed by atoms with Gasteiger partial charge in [-0.3, -0.25) is 14.4 Å². The van der Waals surface area contributed by atoms with Crippen molar-refractivity contribution in [2.75, 3.05) is 40.5 Å². The SMILES string of the molecule is COc1cc2cc(c1OC)-c1ccc3c(c1)C(CCO3)NC(=O)CCN(C(=O)C(C)C)CCNC(=O)CC2. The summed E-state index contributed by atoms with van der Waals surface area (Å²) in [6, 6.07) is 9.59. The molecule has 2 aliphatic rings. The average Bonchev–Trinajstić information content (AvgIpc) is 2.92. The summed E-state index contributed by atoms with van der Waals surface area (Å²) in [6.07, 6.45) is 1.62. The van der Waals surface area contributed by atoms with Gasteiger partial charge in [-0.1, -0.05) is 19.9 Å². The Kier molecular flexibility index (Phi) is 8.76. The molecule has 9 heteroatoms. The number of amides is 3. The molecule has 0 fully saturated rings. The van der Waals surface area contributed by atoms with Gasteiger partial charge in [0.15, 0.2) is 11.5 Å². The van der Waals surface area contributed by atoms with E-state index >= 15 is 0 Å². The van der Waals surface area contributed by atoms with E-state index in [1.54, 1.807) is 19.1 Å². The number of nitrogens with zero attached hydrogens (tertiary/aromatic N) is 1. The summed E-state index contributed by atoms with van der Waals surface area (Å²) in [4.78, 5) is 40.0. The number of carbonyl (C=O) groups is 3. The van der Waals surface area contributed by atoms with Gasteiger partial charge in [-0.05, 0) is 41.8 Å². The smallest absolute Gasteiger partial charge is 0.225 e. The Morgan fingerprint density at radius 1 is 1.03 bits per heavy atom. The molecule has 2 aliphatic heterocycles. The van der Waals surface area contributed by atoms with Crippen molar-refractivity contribution in [2.45, 2.75) is 45.6 Å². The highest BCUT2D eigenvalue weighted by molar-refractivity contribution is 5.81. The van der Waals surface area contributed by atoms with E-state index < -0.39 is 0 Å². The fraction of sp³-hybridized carbons (Fsp3) is 0.483. The molecule has 38 heavy (non-hydrogen) atoms. The number of nitrogens with one attached hydrogen (secondary N) is 2. The first-order chi connectivity index (χ1) is 18.3. The van der Waals surface area contributed by atoms with E-state index in [9.17, 15) is 14.4 Å². The maximum atomic E-state index is 13.0. The molecule has 1 unspecified atom stereocenters. The van der Waals surface area contributed by atoms with Crippen molar-refractivity contribution < 1.29 is 28.6 Å². The molecule has 0 spiro atoms. The monoisotopic (exact) mass is 523 g/mol. The number of rotatable bonds is 3. The van der Waals surface area contributed by atoms with Gasteiger partial charge < -0.3 is 29.7 Å². The lowest BCUT2D eigenvalue weighted by atomic mass is 9.93. The molecule has 9 nitrogen and oxygen atoms in total. The molecule has 1 atom stereocenters. The average molecular weight is 524 g/mol. The van der Waals surface area contributed by atoms with Crippen LogP contribution in [0.15, 0.2) is 30.3 Å². The highest BCUT2D eigenvalue weighted by Crippen LogP contribution is 2.42. The molecular weight excluding hydrogens is 486 g/mol. The van der Waals surface area contributed by atoms with E-state index in [-0.39, 0.29) is 49.1 Å². The summed E-state index contributed by atoms with van der Waals surface area (Å²) in [5.41, 5.74) is 3.56. The number of benzene rings is 2. The minimum Gasteiger partial charge on any atom is -0.493 e. The summed E-state index contributed by atoms with van der Waals surface area (Å²) in [6.45, 7) is 5.13. The standard InChI is InChI=1S/C29H37N3O6/c1-18(2)29(35)32-12-9-27(34)31-23-10-14-38-24-7-6-20(17-22(23)24)21-15-19(5-8-26(33)30-11-13-32)16-25(36-3)28(21)37-4/h6-7,15-18,23H,5,8-14H2,1-4H3,(H,30,33)(H,31,34). The van der Waals surface area contributed by atoms with Crippen LogP contribution in [0, 0.1) is 5.92 Å². The molecule has 3 amide bonds. The lowest BCUT2D eigenvalue weighted by molar-refractivity contribution is -0.135. The molecule has 4 rings (SSSR count). The maximum absolute atomic E-state index is 13.0. The number of methoxy groups -OCH3 is 2. The predicted molar refractivity (Wildman–Crippen MR) is 143 cm³/mol. The molecular formula is C29H37N3O6. The predicted octanol–water partition coefficient (Wildman–Crippen LogP) is 3.25. The van der Waals surface area contributed by atoms with Gasteiger partial charge in [0.25, 0.3) is 0 Å². The minimum atomic E-state index is -0.213. The van der Waals surface area contributed by atoms with E-state index in [0.29, 0.717) is 44.0 Å². The fourth-order valence-corrected chi connectivity index (χ4v) is 4.97. The zero-order chi connectivity index (χ0) is 27.2. The Labute approximate surface area is 223 Å². The number of hydrogen-bond donors (Lipinski definition) is 2. The molecule has 2 heterocycles. The van der Waals surface area contributed by atoms with Gasteiger partial charge in [0, 0.05) is 55.9 Å². The van der Waals surface area contributed by atoms with Crippen LogP contribution < -0.4 is 24.8 Å². The summed E-state index contributed by atoms with van der Waals surface area (Å²) in [7, 11) is 3.19. The summed E-state index contributed by atoms with van der Waals surface area (Å²) < 4.78 is 17.2. The second-order valence-electron chi connectivity index (χ2n) is 9.97. The second kappa shape index (κ2) is 12.2. The Hall–Kier alpha value is -3.75. The second-order valence-corrected chi connectivity index (χ2v) is 9.97. The molecule has 0 radical (unpaired) electrons. The maximum Gasteiger partial charge on any atom is 0.225 e. The summed E-state index contributed by atoms with van der Waals surface area (Å²) in [5, 5.41) is 6.06. The van der Waals surface area contributed by atoms with Crippen molar-refractivity contribution in [2.24, 2.45) is 5.92 Å². The first-order valence-electron chi connectivity index (χ1n) is 13.2. The van der Waals surface area contributed by atoms with E-state index in [1.165, 1.54) is 0 Å². The van der Waals surface area contributed by atoms with Crippen molar-refractivity contribution >= 4 is 17.7 Å². The molecule has 204 valence electrons. The number of ether oxygens (including phenoxy) is 3. The molecule has 0 saturated heterocycles. The third-order valence-electron chi connectivity index (χ3n) is 6.99. The largest absolute Gasteiger partial charge is 0.493 e. The van der Waals surface area contributed by atoms with E-state index in [1.807, 2.05) is 44.2 Å². The third kappa shape index (κ3) is 6.20. The van der Waals surface area contributed by atoms with Gasteiger partial charge >= 0.3 is 0 Å². The number of carbonyl (C=O) groups excluding carboxylic acids is 3. The third-order valence-corrected chi connectivity index (χ3v) is 6.99. The van der Waals surface area contributed by atoms with Crippen molar-refractivity contribution in [1.29, 1.82) is 0 Å².